The van der Waals surface area contributed by atoms with Crippen LogP contribution in [0.1, 0.15) is 10.4 Å². The second kappa shape index (κ2) is 5.73. The van der Waals surface area contributed by atoms with Crippen LogP contribution in [0.2, 0.25) is 0 Å². The molecular formula is C13H10Br2FNO2S2. The summed E-state index contributed by atoms with van der Waals surface area (Å²) in [7, 11) is -3.68. The summed E-state index contributed by atoms with van der Waals surface area (Å²) in [4.78, 5) is 1.31. The van der Waals surface area contributed by atoms with E-state index in [4.69, 9.17) is 0 Å². The summed E-state index contributed by atoms with van der Waals surface area (Å²) in [5.74, 6) is -0.494. The zero-order valence-electron chi connectivity index (χ0n) is 10.6. The smallest absolute Gasteiger partial charge is 0.207 e. The number of thiophene rings is 1. The van der Waals surface area contributed by atoms with Crippen LogP contribution < -0.4 is 0 Å². The Bertz CT molecular complexity index is 781. The summed E-state index contributed by atoms with van der Waals surface area (Å²) in [5.41, 5.74) is 1.05. The topological polar surface area (TPSA) is 37.4 Å². The fourth-order valence-corrected chi connectivity index (χ4v) is 7.09. The average molecular weight is 455 g/mol. The molecule has 0 unspecified atom stereocenters. The summed E-state index contributed by atoms with van der Waals surface area (Å²) in [5, 5.41) is 1.98. The van der Waals surface area contributed by atoms with Crippen molar-refractivity contribution in [2.75, 3.05) is 6.54 Å². The van der Waals surface area contributed by atoms with Gasteiger partial charge < -0.3 is 0 Å². The first-order valence-corrected chi connectivity index (χ1v) is 10.00. The SMILES string of the molecule is O=S(=O)(c1c(Br)cc(F)cc1Br)N1CCc2sccc2C1. The van der Waals surface area contributed by atoms with Crippen LogP contribution >= 0.6 is 43.2 Å². The van der Waals surface area contributed by atoms with E-state index in [-0.39, 0.29) is 13.8 Å². The van der Waals surface area contributed by atoms with Gasteiger partial charge in [-0.05, 0) is 67.4 Å². The lowest BCUT2D eigenvalue weighted by Gasteiger charge is -2.27. The molecule has 1 aliphatic rings. The average Bonchev–Trinajstić information content (AvgIpc) is 2.83. The van der Waals surface area contributed by atoms with Crippen molar-refractivity contribution in [3.8, 4) is 0 Å². The number of halogens is 3. The predicted molar refractivity (Wildman–Crippen MR) is 87.4 cm³/mol. The molecule has 1 aliphatic heterocycles. The number of rotatable bonds is 2. The van der Waals surface area contributed by atoms with Gasteiger partial charge in [-0.1, -0.05) is 0 Å². The molecule has 0 aliphatic carbocycles. The third-order valence-corrected chi connectivity index (χ3v) is 8.08. The number of sulfonamides is 1. The Kier molecular flexibility index (Phi) is 4.26. The first kappa shape index (κ1) is 15.6. The van der Waals surface area contributed by atoms with Gasteiger partial charge >= 0.3 is 0 Å². The van der Waals surface area contributed by atoms with Gasteiger partial charge in [0.2, 0.25) is 10.0 Å². The molecule has 1 aromatic heterocycles. The maximum Gasteiger partial charge on any atom is 0.245 e. The summed E-state index contributed by atoms with van der Waals surface area (Å²) < 4.78 is 40.9. The van der Waals surface area contributed by atoms with Crippen molar-refractivity contribution >= 4 is 53.2 Å². The second-order valence-corrected chi connectivity index (χ2v) is 9.24. The minimum absolute atomic E-state index is 0.0718. The first-order valence-electron chi connectivity index (χ1n) is 6.09. The van der Waals surface area contributed by atoms with Crippen LogP contribution in [-0.4, -0.2) is 19.3 Å². The molecule has 0 saturated carbocycles. The van der Waals surface area contributed by atoms with Gasteiger partial charge in [0.05, 0.1) is 0 Å². The molecular weight excluding hydrogens is 445 g/mol. The van der Waals surface area contributed by atoms with E-state index in [1.807, 2.05) is 11.4 Å². The minimum atomic E-state index is -3.68. The highest BCUT2D eigenvalue weighted by molar-refractivity contribution is 9.11. The molecule has 3 rings (SSSR count). The summed E-state index contributed by atoms with van der Waals surface area (Å²) >= 11 is 7.95. The second-order valence-electron chi connectivity index (χ2n) is 4.66. The molecule has 0 bridgehead atoms. The van der Waals surface area contributed by atoms with E-state index in [1.54, 1.807) is 11.3 Å². The van der Waals surface area contributed by atoms with Crippen molar-refractivity contribution in [3.63, 3.8) is 0 Å². The van der Waals surface area contributed by atoms with Crippen LogP contribution in [0.5, 0.6) is 0 Å². The first-order chi connectivity index (χ1) is 9.89. The molecule has 0 spiro atoms. The Morgan fingerprint density at radius 1 is 1.24 bits per heavy atom. The lowest BCUT2D eigenvalue weighted by Crippen LogP contribution is -2.35. The lowest BCUT2D eigenvalue weighted by molar-refractivity contribution is 0.393. The molecule has 0 amide bonds. The van der Waals surface area contributed by atoms with E-state index >= 15 is 0 Å². The monoisotopic (exact) mass is 453 g/mol. The summed E-state index contributed by atoms with van der Waals surface area (Å²) in [6, 6.07) is 4.28. The summed E-state index contributed by atoms with van der Waals surface area (Å²) in [6.07, 6.45) is 0.711. The van der Waals surface area contributed by atoms with Crippen molar-refractivity contribution in [1.82, 2.24) is 4.31 Å². The third kappa shape index (κ3) is 2.84. The van der Waals surface area contributed by atoms with Gasteiger partial charge in [-0.2, -0.15) is 4.31 Å². The van der Waals surface area contributed by atoms with Crippen LogP contribution in [0.15, 0.2) is 37.4 Å². The lowest BCUT2D eigenvalue weighted by atomic mass is 10.1. The standard InChI is InChI=1S/C13H10Br2FNO2S2/c14-10-5-9(16)6-11(15)13(10)21(18,19)17-3-1-12-8(7-17)2-4-20-12/h2,4-6H,1,3,7H2. The van der Waals surface area contributed by atoms with E-state index in [9.17, 15) is 12.8 Å². The van der Waals surface area contributed by atoms with Crippen molar-refractivity contribution in [1.29, 1.82) is 0 Å². The molecule has 0 fully saturated rings. The molecule has 112 valence electrons. The number of hydrogen-bond donors (Lipinski definition) is 0. The highest BCUT2D eigenvalue weighted by Gasteiger charge is 2.32. The Morgan fingerprint density at radius 2 is 1.90 bits per heavy atom. The Morgan fingerprint density at radius 3 is 2.57 bits per heavy atom. The normalized spacial score (nSPS) is 16.0. The molecule has 0 atom stereocenters. The molecule has 0 radical (unpaired) electrons. The Balaban J connectivity index is 2.03. The van der Waals surface area contributed by atoms with Crippen LogP contribution in [0.25, 0.3) is 0 Å². The number of nitrogens with zero attached hydrogens (tertiary/aromatic N) is 1. The van der Waals surface area contributed by atoms with Crippen LogP contribution in [0, 0.1) is 5.82 Å². The van der Waals surface area contributed by atoms with Crippen LogP contribution in [-0.2, 0) is 23.0 Å². The maximum atomic E-state index is 13.3. The minimum Gasteiger partial charge on any atom is -0.207 e. The fourth-order valence-electron chi connectivity index (χ4n) is 2.33. The summed E-state index contributed by atoms with van der Waals surface area (Å²) in [6.45, 7) is 0.795. The Hall–Kier alpha value is -0.280. The van der Waals surface area contributed by atoms with Crippen molar-refractivity contribution in [2.45, 2.75) is 17.9 Å². The number of benzene rings is 1. The van der Waals surface area contributed by atoms with E-state index in [2.05, 4.69) is 31.9 Å². The van der Waals surface area contributed by atoms with Gasteiger partial charge in [-0.3, -0.25) is 0 Å². The van der Waals surface area contributed by atoms with Crippen molar-refractivity contribution in [3.05, 3.63) is 48.8 Å². The number of fused-ring (bicyclic) bond motifs is 1. The number of hydrogen-bond acceptors (Lipinski definition) is 3. The van der Waals surface area contributed by atoms with E-state index in [0.717, 1.165) is 17.7 Å². The zero-order chi connectivity index (χ0) is 15.2. The van der Waals surface area contributed by atoms with Gasteiger partial charge in [0.1, 0.15) is 10.7 Å². The molecule has 0 N–H and O–H groups in total. The van der Waals surface area contributed by atoms with Gasteiger partial charge in [-0.15, -0.1) is 11.3 Å². The van der Waals surface area contributed by atoms with Gasteiger partial charge in [0.15, 0.2) is 0 Å². The fraction of sp³-hybridized carbons (Fsp3) is 0.231. The van der Waals surface area contributed by atoms with E-state index in [0.29, 0.717) is 19.5 Å². The predicted octanol–water partition coefficient (Wildman–Crippen LogP) is 4.16. The molecule has 3 nitrogen and oxygen atoms in total. The largest absolute Gasteiger partial charge is 0.245 e. The maximum absolute atomic E-state index is 13.3. The van der Waals surface area contributed by atoms with Gasteiger partial charge in [0, 0.05) is 26.9 Å². The quantitative estimate of drug-likeness (QED) is 0.683. The molecule has 2 aromatic rings. The molecule has 1 aromatic carbocycles. The van der Waals surface area contributed by atoms with Crippen LogP contribution in [0.3, 0.4) is 0 Å². The van der Waals surface area contributed by atoms with E-state index < -0.39 is 15.8 Å². The van der Waals surface area contributed by atoms with E-state index in [1.165, 1.54) is 9.18 Å². The molecule has 8 heteroatoms. The van der Waals surface area contributed by atoms with Crippen molar-refractivity contribution < 1.29 is 12.8 Å². The molecule has 21 heavy (non-hydrogen) atoms. The Labute approximate surface area is 143 Å². The molecule has 2 heterocycles. The van der Waals surface area contributed by atoms with Crippen molar-refractivity contribution in [2.24, 2.45) is 0 Å². The third-order valence-electron chi connectivity index (χ3n) is 3.33. The van der Waals surface area contributed by atoms with Gasteiger partial charge in [-0.25, -0.2) is 12.8 Å². The van der Waals surface area contributed by atoms with Gasteiger partial charge in [0.25, 0.3) is 0 Å². The van der Waals surface area contributed by atoms with Crippen LogP contribution in [0.4, 0.5) is 4.39 Å². The highest BCUT2D eigenvalue weighted by Crippen LogP contribution is 2.35. The highest BCUT2D eigenvalue weighted by atomic mass is 79.9. The zero-order valence-corrected chi connectivity index (χ0v) is 15.4. The molecule has 0 saturated heterocycles.